The van der Waals surface area contributed by atoms with Crippen molar-refractivity contribution in [3.63, 3.8) is 0 Å². The lowest BCUT2D eigenvalue weighted by molar-refractivity contribution is -0.117. The van der Waals surface area contributed by atoms with Crippen LogP contribution in [0.3, 0.4) is 0 Å². The fourth-order valence-corrected chi connectivity index (χ4v) is 5.78. The van der Waals surface area contributed by atoms with Crippen molar-refractivity contribution in [3.05, 3.63) is 59.1 Å². The summed E-state index contributed by atoms with van der Waals surface area (Å²) < 4.78 is 2.17. The molecule has 0 N–H and O–H groups in total. The number of hydrogen-bond donors (Lipinski definition) is 0. The molecule has 0 unspecified atom stereocenters. The average molecular weight is 481 g/mol. The Kier molecular flexibility index (Phi) is 6.51. The normalized spacial score (nSPS) is 16.6. The minimum atomic E-state index is 0.0274. The van der Waals surface area contributed by atoms with Gasteiger partial charge in [-0.05, 0) is 55.7 Å². The second-order valence-corrected chi connectivity index (χ2v) is 9.85. The molecule has 3 aromatic rings. The minimum absolute atomic E-state index is 0.0274. The quantitative estimate of drug-likeness (QED) is 0.315. The van der Waals surface area contributed by atoms with Crippen LogP contribution in [0.5, 0.6) is 0 Å². The second-order valence-electron chi connectivity index (χ2n) is 8.50. The molecule has 1 aromatic heterocycles. The van der Waals surface area contributed by atoms with Crippen LogP contribution in [0.2, 0.25) is 5.02 Å². The van der Waals surface area contributed by atoms with Crippen LogP contribution in [-0.4, -0.2) is 38.8 Å². The Labute approximate surface area is 202 Å². The van der Waals surface area contributed by atoms with Gasteiger partial charge in [-0.3, -0.25) is 14.2 Å². The SMILES string of the molecule is O=C(CSc1nnc(-c2ccccc2Cl)n1C1CCCC1)c1ccc(N2CCCC2=O)cc1. The van der Waals surface area contributed by atoms with Gasteiger partial charge in [-0.15, -0.1) is 10.2 Å². The highest BCUT2D eigenvalue weighted by atomic mass is 35.5. The zero-order chi connectivity index (χ0) is 22.8. The highest BCUT2D eigenvalue weighted by Gasteiger charge is 2.26. The van der Waals surface area contributed by atoms with E-state index in [1.54, 1.807) is 17.0 Å². The van der Waals surface area contributed by atoms with Gasteiger partial charge in [0.05, 0.1) is 10.8 Å². The summed E-state index contributed by atoms with van der Waals surface area (Å²) >= 11 is 7.88. The molecular formula is C25H25ClN4O2S. The molecule has 0 spiro atoms. The third kappa shape index (κ3) is 4.57. The van der Waals surface area contributed by atoms with E-state index in [0.717, 1.165) is 48.0 Å². The third-order valence-electron chi connectivity index (χ3n) is 6.38. The van der Waals surface area contributed by atoms with Crippen LogP contribution < -0.4 is 4.90 Å². The maximum absolute atomic E-state index is 12.9. The van der Waals surface area contributed by atoms with Gasteiger partial charge < -0.3 is 4.90 Å². The number of ketones is 1. The topological polar surface area (TPSA) is 68.1 Å². The number of thioether (sulfide) groups is 1. The van der Waals surface area contributed by atoms with Crippen LogP contribution in [0.1, 0.15) is 54.9 Å². The summed E-state index contributed by atoms with van der Waals surface area (Å²) in [6.45, 7) is 0.743. The van der Waals surface area contributed by atoms with Gasteiger partial charge in [-0.2, -0.15) is 0 Å². The summed E-state index contributed by atoms with van der Waals surface area (Å²) in [6, 6.07) is 15.3. The van der Waals surface area contributed by atoms with Crippen molar-refractivity contribution in [2.75, 3.05) is 17.2 Å². The van der Waals surface area contributed by atoms with Crippen LogP contribution in [0.15, 0.2) is 53.7 Å². The fraction of sp³-hybridized carbons (Fsp3) is 0.360. The van der Waals surface area contributed by atoms with E-state index in [2.05, 4.69) is 14.8 Å². The lowest BCUT2D eigenvalue weighted by Crippen LogP contribution is -2.23. The molecule has 0 radical (unpaired) electrons. The highest BCUT2D eigenvalue weighted by molar-refractivity contribution is 7.99. The number of anilines is 1. The van der Waals surface area contributed by atoms with Crippen LogP contribution in [0, 0.1) is 0 Å². The number of carbonyl (C=O) groups is 2. The smallest absolute Gasteiger partial charge is 0.227 e. The first-order chi connectivity index (χ1) is 16.1. The summed E-state index contributed by atoms with van der Waals surface area (Å²) in [5.74, 6) is 1.21. The summed E-state index contributed by atoms with van der Waals surface area (Å²) in [6.07, 6.45) is 5.99. The Bertz CT molecular complexity index is 1170. The summed E-state index contributed by atoms with van der Waals surface area (Å²) in [4.78, 5) is 26.6. The summed E-state index contributed by atoms with van der Waals surface area (Å²) in [7, 11) is 0. The Balaban J connectivity index is 1.33. The zero-order valence-electron chi connectivity index (χ0n) is 18.2. The van der Waals surface area contributed by atoms with Crippen molar-refractivity contribution >= 4 is 40.7 Å². The van der Waals surface area contributed by atoms with E-state index in [1.165, 1.54) is 24.6 Å². The average Bonchev–Trinajstić information content (AvgIpc) is 3.59. The number of carbonyl (C=O) groups excluding carboxylic acids is 2. The molecule has 1 saturated heterocycles. The van der Waals surface area contributed by atoms with Gasteiger partial charge in [0.2, 0.25) is 5.91 Å². The fourth-order valence-electron chi connectivity index (χ4n) is 4.66. The number of rotatable bonds is 7. The number of Topliss-reactive ketones (excluding diaryl/α,β-unsaturated/α-hetero) is 1. The van der Waals surface area contributed by atoms with Crippen molar-refractivity contribution in [1.82, 2.24) is 14.8 Å². The highest BCUT2D eigenvalue weighted by Crippen LogP contribution is 2.38. The van der Waals surface area contributed by atoms with E-state index in [1.807, 2.05) is 36.4 Å². The van der Waals surface area contributed by atoms with Crippen molar-refractivity contribution in [2.45, 2.75) is 49.7 Å². The first kappa shape index (κ1) is 22.2. The maximum Gasteiger partial charge on any atom is 0.227 e. The Hall–Kier alpha value is -2.64. The molecule has 33 heavy (non-hydrogen) atoms. The van der Waals surface area contributed by atoms with E-state index >= 15 is 0 Å². The molecule has 1 aliphatic heterocycles. The van der Waals surface area contributed by atoms with Crippen LogP contribution >= 0.6 is 23.4 Å². The molecule has 8 heteroatoms. The lowest BCUT2D eigenvalue weighted by Gasteiger charge is -2.17. The van der Waals surface area contributed by atoms with Crippen LogP contribution in [0.25, 0.3) is 11.4 Å². The molecule has 0 bridgehead atoms. The van der Waals surface area contributed by atoms with E-state index in [4.69, 9.17) is 11.6 Å². The van der Waals surface area contributed by atoms with Crippen LogP contribution in [-0.2, 0) is 4.79 Å². The van der Waals surface area contributed by atoms with Crippen molar-refractivity contribution in [1.29, 1.82) is 0 Å². The van der Waals surface area contributed by atoms with Gasteiger partial charge in [-0.25, -0.2) is 0 Å². The molecule has 2 fully saturated rings. The number of hydrogen-bond acceptors (Lipinski definition) is 5. The van der Waals surface area contributed by atoms with Gasteiger partial charge in [0.15, 0.2) is 16.8 Å². The van der Waals surface area contributed by atoms with Crippen molar-refractivity contribution < 1.29 is 9.59 Å². The Morgan fingerprint density at radius 3 is 2.48 bits per heavy atom. The Morgan fingerprint density at radius 2 is 1.79 bits per heavy atom. The molecule has 1 saturated carbocycles. The molecular weight excluding hydrogens is 456 g/mol. The lowest BCUT2D eigenvalue weighted by atomic mass is 10.1. The first-order valence-corrected chi connectivity index (χ1v) is 12.7. The standard InChI is InChI=1S/C25H25ClN4O2S/c26-21-9-4-3-8-20(21)24-27-28-25(30(24)19-6-1-2-7-19)33-16-22(31)17-11-13-18(14-12-17)29-15-5-10-23(29)32/h3-4,8-9,11-14,19H,1-2,5-7,10,15-16H2. The van der Waals surface area contributed by atoms with Crippen molar-refractivity contribution in [2.24, 2.45) is 0 Å². The molecule has 2 aliphatic rings. The van der Waals surface area contributed by atoms with E-state index in [0.29, 0.717) is 23.0 Å². The van der Waals surface area contributed by atoms with Crippen molar-refractivity contribution in [3.8, 4) is 11.4 Å². The number of nitrogens with zero attached hydrogens (tertiary/aromatic N) is 4. The number of amides is 1. The monoisotopic (exact) mass is 480 g/mol. The summed E-state index contributed by atoms with van der Waals surface area (Å²) in [5.41, 5.74) is 2.35. The molecule has 2 heterocycles. The largest absolute Gasteiger partial charge is 0.312 e. The van der Waals surface area contributed by atoms with Gasteiger partial charge in [0, 0.05) is 35.8 Å². The van der Waals surface area contributed by atoms with E-state index in [9.17, 15) is 9.59 Å². The van der Waals surface area contributed by atoms with Crippen LogP contribution in [0.4, 0.5) is 5.69 Å². The molecule has 170 valence electrons. The molecule has 6 nitrogen and oxygen atoms in total. The number of aromatic nitrogens is 3. The van der Waals surface area contributed by atoms with Gasteiger partial charge >= 0.3 is 0 Å². The van der Waals surface area contributed by atoms with Gasteiger partial charge in [0.1, 0.15) is 0 Å². The predicted octanol–water partition coefficient (Wildman–Crippen LogP) is 5.82. The molecule has 1 aliphatic carbocycles. The second kappa shape index (κ2) is 9.69. The summed E-state index contributed by atoms with van der Waals surface area (Å²) in [5, 5.41) is 10.3. The van der Waals surface area contributed by atoms with Gasteiger partial charge in [0.25, 0.3) is 0 Å². The molecule has 5 rings (SSSR count). The Morgan fingerprint density at radius 1 is 1.03 bits per heavy atom. The number of halogens is 1. The van der Waals surface area contributed by atoms with E-state index in [-0.39, 0.29) is 17.4 Å². The van der Waals surface area contributed by atoms with E-state index < -0.39 is 0 Å². The molecule has 0 atom stereocenters. The minimum Gasteiger partial charge on any atom is -0.312 e. The predicted molar refractivity (Wildman–Crippen MR) is 131 cm³/mol. The third-order valence-corrected chi connectivity index (χ3v) is 7.65. The molecule has 2 aromatic carbocycles. The van der Waals surface area contributed by atoms with Gasteiger partial charge in [-0.1, -0.05) is 48.3 Å². The first-order valence-electron chi connectivity index (χ1n) is 11.4. The molecule has 1 amide bonds. The number of benzene rings is 2. The maximum atomic E-state index is 12.9. The zero-order valence-corrected chi connectivity index (χ0v) is 19.8.